The van der Waals surface area contributed by atoms with Gasteiger partial charge >= 0.3 is 5.97 Å². The monoisotopic (exact) mass is 728 g/mol. The van der Waals surface area contributed by atoms with Crippen molar-refractivity contribution in [2.24, 2.45) is 28.8 Å². The lowest BCUT2D eigenvalue weighted by atomic mass is 9.68. The van der Waals surface area contributed by atoms with Crippen molar-refractivity contribution in [3.05, 3.63) is 70.3 Å². The van der Waals surface area contributed by atoms with E-state index in [1.807, 2.05) is 12.1 Å². The fourth-order valence-corrected chi connectivity index (χ4v) is 10.7. The third kappa shape index (κ3) is 7.78. The lowest BCUT2D eigenvalue weighted by molar-refractivity contribution is 0.0519. The molecule has 1 spiro atoms. The quantitative estimate of drug-likeness (QED) is 0.189. The van der Waals surface area contributed by atoms with Gasteiger partial charge in [0.25, 0.3) is 0 Å². The van der Waals surface area contributed by atoms with Crippen LogP contribution in [0.1, 0.15) is 80.8 Å². The number of sulfonamides is 1. The van der Waals surface area contributed by atoms with Crippen LogP contribution in [0.5, 0.6) is 5.75 Å². The minimum atomic E-state index is -3.52. The van der Waals surface area contributed by atoms with Crippen LogP contribution in [0.25, 0.3) is 0 Å². The van der Waals surface area contributed by atoms with Gasteiger partial charge in [-0.1, -0.05) is 50.6 Å². The molecule has 2 aromatic carbocycles. The van der Waals surface area contributed by atoms with Crippen molar-refractivity contribution in [1.82, 2.24) is 0 Å². The van der Waals surface area contributed by atoms with E-state index >= 15 is 0 Å². The van der Waals surface area contributed by atoms with Gasteiger partial charge in [-0.15, -0.1) is 0 Å². The van der Waals surface area contributed by atoms with E-state index < -0.39 is 24.3 Å². The number of primary sulfonamides is 1. The fourth-order valence-electron chi connectivity index (χ4n) is 8.18. The zero-order valence-electron chi connectivity index (χ0n) is 29.6. The number of nitrogens with zero attached hydrogens (tertiary/aromatic N) is 1. The smallest absolute Gasteiger partial charge is 0.335 e. The van der Waals surface area contributed by atoms with Crippen LogP contribution in [0, 0.1) is 23.7 Å². The fraction of sp³-hybridized carbons (Fsp3) is 0.605. The predicted molar refractivity (Wildman–Crippen MR) is 199 cm³/mol. The first-order valence-corrected chi connectivity index (χ1v) is 22.9. The molecule has 0 radical (unpaired) electrons. The van der Waals surface area contributed by atoms with E-state index in [9.17, 15) is 18.3 Å². The highest BCUT2D eigenvalue weighted by molar-refractivity contribution is 7.89. The summed E-state index contributed by atoms with van der Waals surface area (Å²) in [5.41, 5.74) is 3.38. The summed E-state index contributed by atoms with van der Waals surface area (Å²) in [5.74, 6) is 0.638. The molecule has 3 aliphatic carbocycles. The summed E-state index contributed by atoms with van der Waals surface area (Å²) < 4.78 is 37.5. The van der Waals surface area contributed by atoms with E-state index in [4.69, 9.17) is 25.9 Å². The highest BCUT2D eigenvalue weighted by atomic mass is 35.5. The second-order valence-corrected chi connectivity index (χ2v) is 23.5. The first kappa shape index (κ1) is 36.4. The van der Waals surface area contributed by atoms with Crippen molar-refractivity contribution >= 4 is 41.6 Å². The summed E-state index contributed by atoms with van der Waals surface area (Å²) in [6.07, 6.45) is 11.3. The third-order valence-corrected chi connectivity index (χ3v) is 17.9. The molecule has 3 N–H and O–H groups in total. The number of allylic oxidation sites excluding steroid dienone is 1. The zero-order chi connectivity index (χ0) is 35.4. The van der Waals surface area contributed by atoms with E-state index in [2.05, 4.69) is 63.0 Å². The van der Waals surface area contributed by atoms with Gasteiger partial charge in [0, 0.05) is 23.5 Å². The molecule has 1 heterocycles. The van der Waals surface area contributed by atoms with E-state index in [0.29, 0.717) is 12.5 Å². The Labute approximate surface area is 298 Å². The molecule has 6 rings (SSSR count). The predicted octanol–water partition coefficient (Wildman–Crippen LogP) is 7.80. The summed E-state index contributed by atoms with van der Waals surface area (Å²) in [6.45, 7) is 13.4. The summed E-state index contributed by atoms with van der Waals surface area (Å²) in [7, 11) is -5.68. The Hall–Kier alpha value is -2.37. The van der Waals surface area contributed by atoms with Crippen molar-refractivity contribution in [2.45, 2.75) is 95.4 Å². The van der Waals surface area contributed by atoms with Crippen LogP contribution in [-0.2, 0) is 26.3 Å². The summed E-state index contributed by atoms with van der Waals surface area (Å²) in [4.78, 5) is 14.5. The average molecular weight is 729 g/mol. The maximum atomic E-state index is 12.1. The van der Waals surface area contributed by atoms with Gasteiger partial charge in [0.15, 0.2) is 8.32 Å². The number of nitrogens with two attached hydrogens (primary N) is 1. The molecule has 8 nitrogen and oxygen atoms in total. The largest absolute Gasteiger partial charge is 0.490 e. The molecule has 2 aromatic rings. The zero-order valence-corrected chi connectivity index (χ0v) is 32.2. The van der Waals surface area contributed by atoms with Gasteiger partial charge in [-0.05, 0) is 128 Å². The maximum absolute atomic E-state index is 12.1. The van der Waals surface area contributed by atoms with Crippen molar-refractivity contribution < 1.29 is 27.5 Å². The molecule has 49 heavy (non-hydrogen) atoms. The average Bonchev–Trinajstić information content (AvgIpc) is 3.13. The maximum Gasteiger partial charge on any atom is 0.335 e. The van der Waals surface area contributed by atoms with Gasteiger partial charge < -0.3 is 19.2 Å². The standard InChI is InChI=1S/C38H53ClN2O6SSi/c1-37(2,3)49(4,5)47-34(16-11-25-8-9-29(25)22-48(40,44)45)31-14-10-28(31)21-41-23-38(18-6-7-26-19-30(39)13-15-32(26)38)24-46-35-17-12-27(36(42)43)20-33(35)41/h11-13,15-17,19-20,25,28-29,31,34H,6-10,14,18,21-24H2,1-5H3,(H,42,43)(H2,40,44,45)/b16-11-/t25-,28-,29-,31+,34-,38-/m0/s1. The third-order valence-electron chi connectivity index (χ3n) is 12.3. The second-order valence-electron chi connectivity index (χ2n) is 16.7. The highest BCUT2D eigenvalue weighted by Crippen LogP contribution is 2.48. The molecule has 4 aliphatic rings. The molecule has 0 saturated heterocycles. The number of carboxylic acid groups (broad SMARTS) is 1. The van der Waals surface area contributed by atoms with Crippen LogP contribution < -0.4 is 14.8 Å². The number of aryl methyl sites for hydroxylation is 1. The molecule has 11 heteroatoms. The SMILES string of the molecule is CC(C)(C)[Si](C)(C)O[C@@H](/C=C\[C@@H]1CC[C@H]1CS(N)(=O)=O)[C@@H]1CC[C@H]1CN1C[C@@]2(CCCc3cc(Cl)ccc32)COc2ccc(C(=O)O)cc21. The normalized spacial score (nSPS) is 27.8. The molecule has 6 atom stereocenters. The number of benzene rings is 2. The number of aromatic carboxylic acids is 1. The lowest BCUT2D eigenvalue weighted by Gasteiger charge is -2.48. The minimum Gasteiger partial charge on any atom is -0.490 e. The number of hydrogen-bond donors (Lipinski definition) is 2. The molecule has 0 bridgehead atoms. The molecule has 0 aromatic heterocycles. The first-order chi connectivity index (χ1) is 22.9. The van der Waals surface area contributed by atoms with Crippen LogP contribution >= 0.6 is 11.6 Å². The van der Waals surface area contributed by atoms with Gasteiger partial charge in [0.2, 0.25) is 10.0 Å². The topological polar surface area (TPSA) is 119 Å². The number of hydrogen-bond acceptors (Lipinski definition) is 6. The lowest BCUT2D eigenvalue weighted by Crippen LogP contribution is -2.52. The Morgan fingerprint density at radius 2 is 1.92 bits per heavy atom. The molecule has 268 valence electrons. The molecular weight excluding hydrogens is 676 g/mol. The molecule has 2 saturated carbocycles. The summed E-state index contributed by atoms with van der Waals surface area (Å²) >= 11 is 6.45. The van der Waals surface area contributed by atoms with Crippen molar-refractivity contribution in [2.75, 3.05) is 30.3 Å². The Balaban J connectivity index is 1.31. The Morgan fingerprint density at radius 1 is 1.16 bits per heavy atom. The number of ether oxygens (including phenoxy) is 1. The van der Waals surface area contributed by atoms with E-state index in [-0.39, 0.29) is 45.6 Å². The number of anilines is 1. The molecule has 1 aliphatic heterocycles. The van der Waals surface area contributed by atoms with E-state index in [1.165, 1.54) is 11.1 Å². The van der Waals surface area contributed by atoms with Gasteiger partial charge in [0.1, 0.15) is 5.75 Å². The van der Waals surface area contributed by atoms with Crippen LogP contribution in [0.3, 0.4) is 0 Å². The Morgan fingerprint density at radius 3 is 2.55 bits per heavy atom. The summed E-state index contributed by atoms with van der Waals surface area (Å²) in [5, 5.41) is 16.1. The number of fused-ring (bicyclic) bond motifs is 3. The second kappa shape index (κ2) is 13.6. The van der Waals surface area contributed by atoms with Gasteiger partial charge in [-0.3, -0.25) is 0 Å². The first-order valence-electron chi connectivity index (χ1n) is 17.9. The van der Waals surface area contributed by atoms with Gasteiger partial charge in [0.05, 0.1) is 29.7 Å². The number of rotatable bonds is 10. The highest BCUT2D eigenvalue weighted by Gasteiger charge is 2.47. The Bertz CT molecular complexity index is 1710. The van der Waals surface area contributed by atoms with Crippen LogP contribution in [-0.4, -0.2) is 59.4 Å². The van der Waals surface area contributed by atoms with Gasteiger partial charge in [-0.2, -0.15) is 0 Å². The number of carboxylic acids is 1. The van der Waals surface area contributed by atoms with Crippen LogP contribution in [0.15, 0.2) is 48.6 Å². The van der Waals surface area contributed by atoms with E-state index in [1.54, 1.807) is 12.1 Å². The molecular formula is C38H53ClN2O6SSi. The molecule has 0 unspecified atom stereocenters. The Kier molecular flexibility index (Phi) is 10.1. The van der Waals surface area contributed by atoms with Crippen molar-refractivity contribution in [3.8, 4) is 5.75 Å². The van der Waals surface area contributed by atoms with Gasteiger partial charge in [-0.25, -0.2) is 18.4 Å². The van der Waals surface area contributed by atoms with Crippen molar-refractivity contribution in [1.29, 1.82) is 0 Å². The number of carbonyl (C=O) groups is 1. The molecule has 0 amide bonds. The van der Waals surface area contributed by atoms with Crippen LogP contribution in [0.4, 0.5) is 5.69 Å². The van der Waals surface area contributed by atoms with Crippen molar-refractivity contribution in [3.63, 3.8) is 0 Å². The number of halogens is 1. The van der Waals surface area contributed by atoms with E-state index in [0.717, 1.165) is 74.5 Å². The summed E-state index contributed by atoms with van der Waals surface area (Å²) in [6, 6.07) is 11.5. The van der Waals surface area contributed by atoms with Crippen LogP contribution in [0.2, 0.25) is 23.2 Å². The minimum absolute atomic E-state index is 0.0215. The molecule has 2 fully saturated rings.